The van der Waals surface area contributed by atoms with Crippen molar-refractivity contribution in [2.24, 2.45) is 0 Å². The topological polar surface area (TPSA) is 80.7 Å². The van der Waals surface area contributed by atoms with E-state index >= 15 is 0 Å². The van der Waals surface area contributed by atoms with Gasteiger partial charge in [0, 0.05) is 6.42 Å². The van der Waals surface area contributed by atoms with Gasteiger partial charge in [-0.2, -0.15) is 8.42 Å². The molecule has 6 heteroatoms. The van der Waals surface area contributed by atoms with Crippen LogP contribution in [0.5, 0.6) is 0 Å². The molecule has 0 radical (unpaired) electrons. The van der Waals surface area contributed by atoms with E-state index in [-0.39, 0.29) is 18.5 Å². The lowest BCUT2D eigenvalue weighted by atomic mass is 10.0. The first-order valence-corrected chi connectivity index (χ1v) is 12.2. The Morgan fingerprint density at radius 1 is 0.846 bits per heavy atom. The second kappa shape index (κ2) is 16.7. The number of aliphatic hydroxyl groups is 1. The fourth-order valence-corrected chi connectivity index (χ4v) is 3.81. The molecule has 0 aromatic heterocycles. The van der Waals surface area contributed by atoms with Gasteiger partial charge in [0.15, 0.2) is 5.78 Å². The Bertz CT molecular complexity index is 433. The summed E-state index contributed by atoms with van der Waals surface area (Å²) >= 11 is 0. The summed E-state index contributed by atoms with van der Waals surface area (Å²) in [6, 6.07) is 0. The minimum atomic E-state index is -3.37. The van der Waals surface area contributed by atoms with Crippen LogP contribution in [0.3, 0.4) is 0 Å². The third-order valence-electron chi connectivity index (χ3n) is 4.60. The maximum absolute atomic E-state index is 11.4. The Balaban J connectivity index is 3.69. The van der Waals surface area contributed by atoms with Gasteiger partial charge < -0.3 is 5.11 Å². The van der Waals surface area contributed by atoms with Gasteiger partial charge in [0.05, 0.1) is 12.4 Å². The number of ketones is 1. The first-order valence-electron chi connectivity index (χ1n) is 10.4. The second-order valence-corrected chi connectivity index (χ2v) is 8.94. The highest BCUT2D eigenvalue weighted by molar-refractivity contribution is 7.86. The summed E-state index contributed by atoms with van der Waals surface area (Å²) in [4.78, 5) is 11.0. The number of hydrogen-bond donors (Lipinski definition) is 1. The van der Waals surface area contributed by atoms with Crippen molar-refractivity contribution in [3.63, 3.8) is 0 Å². The van der Waals surface area contributed by atoms with Gasteiger partial charge in [-0.1, -0.05) is 77.6 Å². The fourth-order valence-electron chi connectivity index (χ4n) is 3.12. The largest absolute Gasteiger partial charge is 0.389 e. The van der Waals surface area contributed by atoms with Crippen LogP contribution >= 0.6 is 0 Å². The smallest absolute Gasteiger partial charge is 0.264 e. The Morgan fingerprint density at radius 2 is 1.31 bits per heavy atom. The molecule has 0 bridgehead atoms. The minimum absolute atomic E-state index is 0.0643. The molecule has 0 heterocycles. The third-order valence-corrected chi connectivity index (χ3v) is 5.22. The third kappa shape index (κ3) is 18.3. The Hall–Kier alpha value is -0.460. The monoisotopic (exact) mass is 392 g/mol. The predicted octanol–water partition coefficient (Wildman–Crippen LogP) is 4.76. The molecule has 0 saturated heterocycles. The van der Waals surface area contributed by atoms with Crippen molar-refractivity contribution >= 4 is 15.9 Å². The van der Waals surface area contributed by atoms with Crippen molar-refractivity contribution < 1.29 is 22.5 Å². The maximum atomic E-state index is 11.4. The predicted molar refractivity (Wildman–Crippen MR) is 107 cm³/mol. The van der Waals surface area contributed by atoms with Crippen LogP contribution in [0, 0.1) is 0 Å². The summed E-state index contributed by atoms with van der Waals surface area (Å²) in [5.41, 5.74) is 0. The molecule has 1 unspecified atom stereocenters. The maximum Gasteiger partial charge on any atom is 0.264 e. The summed E-state index contributed by atoms with van der Waals surface area (Å²) in [6.45, 7) is 1.84. The number of carbonyl (C=O) groups excluding carboxylic acids is 1. The normalized spacial score (nSPS) is 13.0. The SMILES string of the molecule is CCCCCCC(CCCCCCCCCCC(=O)CO)OS(C)(=O)=O. The summed E-state index contributed by atoms with van der Waals surface area (Å²) in [5.74, 6) is -0.0643. The molecule has 156 valence electrons. The van der Waals surface area contributed by atoms with Crippen molar-refractivity contribution in [1.82, 2.24) is 0 Å². The summed E-state index contributed by atoms with van der Waals surface area (Å²) < 4.78 is 28.0. The molecule has 0 aliphatic rings. The zero-order chi connectivity index (χ0) is 19.7. The number of unbranched alkanes of at least 4 members (excludes halogenated alkanes) is 10. The molecule has 0 amide bonds. The highest BCUT2D eigenvalue weighted by Crippen LogP contribution is 2.18. The van der Waals surface area contributed by atoms with Gasteiger partial charge >= 0.3 is 0 Å². The molecule has 26 heavy (non-hydrogen) atoms. The van der Waals surface area contributed by atoms with Crippen LogP contribution in [-0.2, 0) is 19.1 Å². The summed E-state index contributed by atoms with van der Waals surface area (Å²) in [5, 5.41) is 8.64. The summed E-state index contributed by atoms with van der Waals surface area (Å²) in [6.07, 6.45) is 16.4. The second-order valence-electron chi connectivity index (χ2n) is 7.34. The van der Waals surface area contributed by atoms with Crippen LogP contribution < -0.4 is 0 Å². The molecule has 0 aromatic carbocycles. The van der Waals surface area contributed by atoms with Crippen molar-refractivity contribution in [1.29, 1.82) is 0 Å². The van der Waals surface area contributed by atoms with Crippen molar-refractivity contribution in [3.05, 3.63) is 0 Å². The van der Waals surface area contributed by atoms with Crippen LogP contribution in [0.25, 0.3) is 0 Å². The average Bonchev–Trinajstić information content (AvgIpc) is 2.58. The van der Waals surface area contributed by atoms with E-state index in [2.05, 4.69) is 6.92 Å². The van der Waals surface area contributed by atoms with E-state index in [9.17, 15) is 13.2 Å². The summed E-state index contributed by atoms with van der Waals surface area (Å²) in [7, 11) is -3.37. The standard InChI is InChI=1S/C20H40O5S/c1-3-4-5-13-16-20(25-26(2,23)24)17-14-11-9-7-6-8-10-12-15-19(22)18-21/h20-21H,3-18H2,1-2H3. The van der Waals surface area contributed by atoms with Gasteiger partial charge in [0.1, 0.15) is 6.61 Å². The molecule has 5 nitrogen and oxygen atoms in total. The lowest BCUT2D eigenvalue weighted by Gasteiger charge is -2.16. The van der Waals surface area contributed by atoms with E-state index < -0.39 is 10.1 Å². The zero-order valence-electron chi connectivity index (χ0n) is 16.9. The van der Waals surface area contributed by atoms with Crippen molar-refractivity contribution in [2.45, 2.75) is 109 Å². The number of aliphatic hydroxyl groups excluding tert-OH is 1. The average molecular weight is 393 g/mol. The molecule has 0 spiro atoms. The fraction of sp³-hybridized carbons (Fsp3) is 0.950. The van der Waals surface area contributed by atoms with Crippen LogP contribution in [0.2, 0.25) is 0 Å². The van der Waals surface area contributed by atoms with Crippen LogP contribution in [-0.4, -0.2) is 38.3 Å². The van der Waals surface area contributed by atoms with Crippen LogP contribution in [0.4, 0.5) is 0 Å². The van der Waals surface area contributed by atoms with Crippen LogP contribution in [0.15, 0.2) is 0 Å². The zero-order valence-corrected chi connectivity index (χ0v) is 17.7. The van der Waals surface area contributed by atoms with E-state index in [0.717, 1.165) is 70.5 Å². The van der Waals surface area contributed by atoms with E-state index in [1.165, 1.54) is 25.7 Å². The Labute approximate surface area is 161 Å². The van der Waals surface area contributed by atoms with Gasteiger partial charge in [0.2, 0.25) is 0 Å². The van der Waals surface area contributed by atoms with Gasteiger partial charge in [-0.3, -0.25) is 8.98 Å². The van der Waals surface area contributed by atoms with Crippen molar-refractivity contribution in [3.8, 4) is 0 Å². The number of Topliss-reactive ketones (excluding diaryl/α,β-unsaturated/α-hetero) is 1. The number of rotatable bonds is 19. The van der Waals surface area contributed by atoms with Gasteiger partial charge in [-0.15, -0.1) is 0 Å². The van der Waals surface area contributed by atoms with E-state index in [1.54, 1.807) is 0 Å². The number of carbonyl (C=O) groups is 1. The van der Waals surface area contributed by atoms with E-state index in [4.69, 9.17) is 9.29 Å². The molecule has 0 saturated carbocycles. The Kier molecular flexibility index (Phi) is 16.4. The molecule has 0 fully saturated rings. The Morgan fingerprint density at radius 3 is 1.77 bits per heavy atom. The van der Waals surface area contributed by atoms with E-state index in [0.29, 0.717) is 6.42 Å². The minimum Gasteiger partial charge on any atom is -0.389 e. The van der Waals surface area contributed by atoms with Gasteiger partial charge in [-0.05, 0) is 19.3 Å². The first-order chi connectivity index (χ1) is 12.4. The lowest BCUT2D eigenvalue weighted by Crippen LogP contribution is -2.17. The molecule has 1 N–H and O–H groups in total. The van der Waals surface area contributed by atoms with Gasteiger partial charge in [-0.25, -0.2) is 0 Å². The lowest BCUT2D eigenvalue weighted by molar-refractivity contribution is -0.121. The quantitative estimate of drug-likeness (QED) is 0.253. The molecule has 0 rings (SSSR count). The van der Waals surface area contributed by atoms with Gasteiger partial charge in [0.25, 0.3) is 10.1 Å². The molecular weight excluding hydrogens is 352 g/mol. The molecule has 0 aliphatic heterocycles. The first kappa shape index (κ1) is 25.5. The van der Waals surface area contributed by atoms with Crippen LogP contribution in [0.1, 0.15) is 103 Å². The highest BCUT2D eigenvalue weighted by atomic mass is 32.2. The van der Waals surface area contributed by atoms with Crippen molar-refractivity contribution in [2.75, 3.05) is 12.9 Å². The highest BCUT2D eigenvalue weighted by Gasteiger charge is 2.15. The molecule has 1 atom stereocenters. The van der Waals surface area contributed by atoms with E-state index in [1.807, 2.05) is 0 Å². The molecule has 0 aliphatic carbocycles. The molecular formula is C20H40O5S. The number of hydrogen-bond acceptors (Lipinski definition) is 5. The molecule has 0 aromatic rings.